The number of hydrogen-bond acceptors (Lipinski definition) is 5. The summed E-state index contributed by atoms with van der Waals surface area (Å²) in [5, 5.41) is 13.8. The first-order chi connectivity index (χ1) is 12.7. The van der Waals surface area contributed by atoms with Crippen molar-refractivity contribution in [1.82, 2.24) is 0 Å². The van der Waals surface area contributed by atoms with Gasteiger partial charge in [-0.25, -0.2) is 0 Å². The number of carbonyl (C=O) groups is 2. The van der Waals surface area contributed by atoms with Gasteiger partial charge in [0, 0.05) is 22.9 Å². The summed E-state index contributed by atoms with van der Waals surface area (Å²) in [4.78, 5) is 35.6. The molecule has 0 atom stereocenters. The molecule has 7 nitrogen and oxygen atoms in total. The highest BCUT2D eigenvalue weighted by molar-refractivity contribution is 6.07. The minimum Gasteiger partial charge on any atom is -0.487 e. The fourth-order valence-corrected chi connectivity index (χ4v) is 3.11. The molecule has 0 unspecified atom stereocenters. The second-order valence-corrected chi connectivity index (χ2v) is 7.08. The van der Waals surface area contributed by atoms with Gasteiger partial charge >= 0.3 is 0 Å². The van der Waals surface area contributed by atoms with Crippen molar-refractivity contribution in [2.75, 3.05) is 5.32 Å². The number of carbonyl (C=O) groups excluding carboxylic acids is 2. The van der Waals surface area contributed by atoms with E-state index in [1.165, 1.54) is 12.1 Å². The number of benzene rings is 2. The van der Waals surface area contributed by atoms with Crippen LogP contribution in [0.25, 0.3) is 0 Å². The Labute approximate surface area is 156 Å². The quantitative estimate of drug-likeness (QED) is 0.645. The number of anilines is 1. The molecule has 2 aromatic carbocycles. The van der Waals surface area contributed by atoms with E-state index in [0.717, 1.165) is 0 Å². The zero-order valence-electron chi connectivity index (χ0n) is 15.4. The van der Waals surface area contributed by atoms with Gasteiger partial charge in [-0.1, -0.05) is 13.0 Å². The Morgan fingerprint density at radius 3 is 2.67 bits per heavy atom. The van der Waals surface area contributed by atoms with Crippen LogP contribution in [0.5, 0.6) is 5.75 Å². The first kappa shape index (κ1) is 18.6. The van der Waals surface area contributed by atoms with Crippen molar-refractivity contribution in [2.45, 2.75) is 39.2 Å². The van der Waals surface area contributed by atoms with E-state index in [2.05, 4.69) is 5.32 Å². The molecule has 1 aliphatic rings. The van der Waals surface area contributed by atoms with Gasteiger partial charge in [0.2, 0.25) is 0 Å². The number of hydrogen-bond donors (Lipinski definition) is 1. The molecule has 7 heteroatoms. The fourth-order valence-electron chi connectivity index (χ4n) is 3.11. The van der Waals surface area contributed by atoms with E-state index < -0.39 is 16.4 Å². The van der Waals surface area contributed by atoms with Gasteiger partial charge in [-0.2, -0.15) is 0 Å². The first-order valence-corrected chi connectivity index (χ1v) is 8.65. The van der Waals surface area contributed by atoms with Gasteiger partial charge in [0.05, 0.1) is 16.9 Å². The Morgan fingerprint density at radius 2 is 2.00 bits per heavy atom. The number of ketones is 1. The second-order valence-electron chi connectivity index (χ2n) is 7.08. The van der Waals surface area contributed by atoms with Gasteiger partial charge in [-0.3, -0.25) is 19.7 Å². The first-order valence-electron chi connectivity index (χ1n) is 8.65. The Kier molecular flexibility index (Phi) is 4.70. The highest BCUT2D eigenvalue weighted by Gasteiger charge is 2.32. The van der Waals surface area contributed by atoms with Crippen molar-refractivity contribution < 1.29 is 19.2 Å². The third-order valence-corrected chi connectivity index (χ3v) is 4.44. The number of ether oxygens (including phenoxy) is 1. The Balaban J connectivity index is 1.86. The van der Waals surface area contributed by atoms with Gasteiger partial charge in [0.15, 0.2) is 5.78 Å². The molecule has 0 aliphatic carbocycles. The summed E-state index contributed by atoms with van der Waals surface area (Å²) < 4.78 is 5.78. The third-order valence-electron chi connectivity index (χ3n) is 4.44. The summed E-state index contributed by atoms with van der Waals surface area (Å²) in [5.74, 6) is -0.0800. The maximum absolute atomic E-state index is 12.5. The van der Waals surface area contributed by atoms with Crippen LogP contribution < -0.4 is 10.1 Å². The van der Waals surface area contributed by atoms with Crippen LogP contribution in [-0.4, -0.2) is 22.2 Å². The van der Waals surface area contributed by atoms with Gasteiger partial charge in [-0.05, 0) is 44.5 Å². The molecule has 3 rings (SSSR count). The monoisotopic (exact) mass is 368 g/mol. The van der Waals surface area contributed by atoms with Crippen LogP contribution in [0.4, 0.5) is 11.4 Å². The summed E-state index contributed by atoms with van der Waals surface area (Å²) in [5.41, 5.74) is 0.962. The zero-order valence-corrected chi connectivity index (χ0v) is 15.4. The highest BCUT2D eigenvalue weighted by atomic mass is 16.6. The maximum Gasteiger partial charge on any atom is 0.274 e. The number of Topliss-reactive ketones (excluding diaryl/α,β-unsaturated/α-hetero) is 1. The predicted molar refractivity (Wildman–Crippen MR) is 101 cm³/mol. The van der Waals surface area contributed by atoms with Crippen LogP contribution in [0.3, 0.4) is 0 Å². The van der Waals surface area contributed by atoms with E-state index in [9.17, 15) is 19.7 Å². The number of aryl methyl sites for hydroxylation is 1. The predicted octanol–water partition coefficient (Wildman–Crippen LogP) is 4.15. The molecule has 0 aromatic heterocycles. The molecule has 0 bridgehead atoms. The van der Waals surface area contributed by atoms with Gasteiger partial charge in [0.1, 0.15) is 11.4 Å². The Bertz CT molecular complexity index is 949. The molecule has 0 spiro atoms. The molecular formula is C20H20N2O5. The van der Waals surface area contributed by atoms with Crippen molar-refractivity contribution in [3.63, 3.8) is 0 Å². The minimum atomic E-state index is -0.576. The van der Waals surface area contributed by atoms with E-state index >= 15 is 0 Å². The molecule has 0 radical (unpaired) electrons. The van der Waals surface area contributed by atoms with Gasteiger partial charge in [-0.15, -0.1) is 0 Å². The van der Waals surface area contributed by atoms with Crippen molar-refractivity contribution in [3.05, 3.63) is 63.2 Å². The normalized spacial score (nSPS) is 14.9. The standard InChI is InChI=1S/C20H20N2O5/c1-4-12-5-7-14(10-16(12)22(25)26)21-19(24)13-6-8-18-15(9-13)17(23)11-20(2,3)27-18/h5-10H,4,11H2,1-3H3,(H,21,24). The number of nitrogens with zero attached hydrogens (tertiary/aromatic N) is 1. The lowest BCUT2D eigenvalue weighted by Gasteiger charge is -2.31. The molecule has 140 valence electrons. The molecule has 1 amide bonds. The van der Waals surface area contributed by atoms with E-state index in [1.807, 2.05) is 20.8 Å². The highest BCUT2D eigenvalue weighted by Crippen LogP contribution is 2.33. The number of rotatable bonds is 4. The number of fused-ring (bicyclic) bond motifs is 1. The van der Waals surface area contributed by atoms with Crippen LogP contribution >= 0.6 is 0 Å². The average Bonchev–Trinajstić information content (AvgIpc) is 2.60. The maximum atomic E-state index is 12.5. The second kappa shape index (κ2) is 6.83. The van der Waals surface area contributed by atoms with E-state index in [0.29, 0.717) is 29.0 Å². The van der Waals surface area contributed by atoms with E-state index in [4.69, 9.17) is 4.74 Å². The van der Waals surface area contributed by atoms with E-state index in [-0.39, 0.29) is 23.5 Å². The largest absolute Gasteiger partial charge is 0.487 e. The lowest BCUT2D eigenvalue weighted by molar-refractivity contribution is -0.385. The van der Waals surface area contributed by atoms with Gasteiger partial charge < -0.3 is 10.1 Å². The SMILES string of the molecule is CCc1ccc(NC(=O)c2ccc3c(c2)C(=O)CC(C)(C)O3)cc1[N+](=O)[O-]. The van der Waals surface area contributed by atoms with Crippen molar-refractivity contribution in [3.8, 4) is 5.75 Å². The lowest BCUT2D eigenvalue weighted by atomic mass is 9.92. The average molecular weight is 368 g/mol. The van der Waals surface area contributed by atoms with E-state index in [1.54, 1.807) is 24.3 Å². The van der Waals surface area contributed by atoms with Crippen molar-refractivity contribution in [2.24, 2.45) is 0 Å². The molecule has 1 N–H and O–H groups in total. The number of nitro benzene ring substituents is 1. The number of nitrogens with one attached hydrogen (secondary N) is 1. The molecule has 0 saturated carbocycles. The smallest absolute Gasteiger partial charge is 0.274 e. The summed E-state index contributed by atoms with van der Waals surface area (Å²) in [6, 6.07) is 9.26. The molecule has 2 aromatic rings. The summed E-state index contributed by atoms with van der Waals surface area (Å²) in [7, 11) is 0. The van der Waals surface area contributed by atoms with Gasteiger partial charge in [0.25, 0.3) is 11.6 Å². The molecule has 0 saturated heterocycles. The molecule has 27 heavy (non-hydrogen) atoms. The molecule has 1 heterocycles. The van der Waals surface area contributed by atoms with Crippen molar-refractivity contribution in [1.29, 1.82) is 0 Å². The zero-order chi connectivity index (χ0) is 19.8. The van der Waals surface area contributed by atoms with Crippen LogP contribution in [-0.2, 0) is 6.42 Å². The molecule has 1 aliphatic heterocycles. The number of nitro groups is 1. The lowest BCUT2D eigenvalue weighted by Crippen LogP contribution is -2.36. The van der Waals surface area contributed by atoms with Crippen LogP contribution in [0, 0.1) is 10.1 Å². The van der Waals surface area contributed by atoms with Crippen LogP contribution in [0.2, 0.25) is 0 Å². The Morgan fingerprint density at radius 1 is 1.26 bits per heavy atom. The summed E-state index contributed by atoms with van der Waals surface area (Å²) in [6.07, 6.45) is 0.754. The van der Waals surface area contributed by atoms with Crippen molar-refractivity contribution >= 4 is 23.1 Å². The van der Waals surface area contributed by atoms with Crippen LogP contribution in [0.15, 0.2) is 36.4 Å². The summed E-state index contributed by atoms with van der Waals surface area (Å²) in [6.45, 7) is 5.50. The number of amides is 1. The topological polar surface area (TPSA) is 98.5 Å². The summed E-state index contributed by atoms with van der Waals surface area (Å²) >= 11 is 0. The minimum absolute atomic E-state index is 0.0356. The Hall–Kier alpha value is -3.22. The fraction of sp³-hybridized carbons (Fsp3) is 0.300. The molecule has 0 fully saturated rings. The van der Waals surface area contributed by atoms with Crippen LogP contribution in [0.1, 0.15) is 53.5 Å². The molecular weight excluding hydrogens is 348 g/mol. The third kappa shape index (κ3) is 3.81.